The first kappa shape index (κ1) is 15.5. The van der Waals surface area contributed by atoms with Crippen molar-refractivity contribution in [3.8, 4) is 5.75 Å². The first-order valence-electron chi connectivity index (χ1n) is 7.70. The number of rotatable bonds is 7. The van der Waals surface area contributed by atoms with Crippen LogP contribution in [-0.2, 0) is 6.42 Å². The average Bonchev–Trinajstić information content (AvgIpc) is 2.54. The Morgan fingerprint density at radius 1 is 1.10 bits per heavy atom. The largest absolute Gasteiger partial charge is 0.494 e. The summed E-state index contributed by atoms with van der Waals surface area (Å²) in [5, 5.41) is 3.55. The van der Waals surface area contributed by atoms with Gasteiger partial charge in [-0.1, -0.05) is 38.1 Å². The SMILES string of the molecule is CCNC(c1ccccc1OCC)c1ncccc1CC. The molecule has 0 fully saturated rings. The Hall–Kier alpha value is -1.87. The number of aromatic nitrogens is 1. The van der Waals surface area contributed by atoms with Crippen LogP contribution in [0, 0.1) is 0 Å². The first-order chi connectivity index (χ1) is 10.3. The molecule has 2 rings (SSSR count). The molecule has 1 aromatic carbocycles. The number of pyridine rings is 1. The van der Waals surface area contributed by atoms with Crippen molar-refractivity contribution in [3.05, 3.63) is 59.4 Å². The van der Waals surface area contributed by atoms with E-state index in [1.165, 1.54) is 5.56 Å². The summed E-state index contributed by atoms with van der Waals surface area (Å²) in [6.07, 6.45) is 2.84. The summed E-state index contributed by atoms with van der Waals surface area (Å²) in [4.78, 5) is 4.63. The minimum absolute atomic E-state index is 0.0638. The fourth-order valence-electron chi connectivity index (χ4n) is 2.57. The second kappa shape index (κ2) is 7.79. The molecule has 1 aromatic heterocycles. The maximum absolute atomic E-state index is 5.79. The summed E-state index contributed by atoms with van der Waals surface area (Å²) in [6, 6.07) is 12.4. The molecular weight excluding hydrogens is 260 g/mol. The van der Waals surface area contributed by atoms with Gasteiger partial charge in [0.05, 0.1) is 18.3 Å². The molecule has 0 radical (unpaired) electrons. The number of aryl methyl sites for hydroxylation is 1. The van der Waals surface area contributed by atoms with Gasteiger partial charge in [0, 0.05) is 11.8 Å². The van der Waals surface area contributed by atoms with Crippen molar-refractivity contribution in [3.63, 3.8) is 0 Å². The zero-order valence-corrected chi connectivity index (χ0v) is 13.1. The van der Waals surface area contributed by atoms with Gasteiger partial charge in [-0.2, -0.15) is 0 Å². The van der Waals surface area contributed by atoms with Crippen LogP contribution in [0.4, 0.5) is 0 Å². The van der Waals surface area contributed by atoms with Crippen molar-refractivity contribution in [1.29, 1.82) is 0 Å². The summed E-state index contributed by atoms with van der Waals surface area (Å²) in [5.74, 6) is 0.929. The summed E-state index contributed by atoms with van der Waals surface area (Å²) in [6.45, 7) is 7.84. The predicted molar refractivity (Wildman–Crippen MR) is 86.7 cm³/mol. The number of hydrogen-bond donors (Lipinski definition) is 1. The summed E-state index contributed by atoms with van der Waals surface area (Å²) >= 11 is 0. The van der Waals surface area contributed by atoms with Crippen LogP contribution in [-0.4, -0.2) is 18.1 Å². The minimum Gasteiger partial charge on any atom is -0.494 e. The van der Waals surface area contributed by atoms with Gasteiger partial charge in [-0.05, 0) is 37.6 Å². The van der Waals surface area contributed by atoms with E-state index < -0.39 is 0 Å². The number of ether oxygens (including phenoxy) is 1. The van der Waals surface area contributed by atoms with Gasteiger partial charge in [0.25, 0.3) is 0 Å². The molecule has 2 aromatic rings. The minimum atomic E-state index is 0.0638. The Morgan fingerprint density at radius 3 is 2.62 bits per heavy atom. The lowest BCUT2D eigenvalue weighted by atomic mass is 9.97. The molecule has 1 unspecified atom stereocenters. The molecule has 1 atom stereocenters. The third-order valence-corrected chi connectivity index (χ3v) is 3.52. The van der Waals surface area contributed by atoms with Crippen LogP contribution in [0.3, 0.4) is 0 Å². The third-order valence-electron chi connectivity index (χ3n) is 3.52. The number of nitrogens with zero attached hydrogens (tertiary/aromatic N) is 1. The van der Waals surface area contributed by atoms with Crippen LogP contribution >= 0.6 is 0 Å². The monoisotopic (exact) mass is 284 g/mol. The van der Waals surface area contributed by atoms with E-state index in [1.807, 2.05) is 31.3 Å². The van der Waals surface area contributed by atoms with Crippen molar-refractivity contribution in [2.75, 3.05) is 13.2 Å². The Morgan fingerprint density at radius 2 is 1.90 bits per heavy atom. The van der Waals surface area contributed by atoms with E-state index in [9.17, 15) is 0 Å². The van der Waals surface area contributed by atoms with E-state index in [4.69, 9.17) is 4.74 Å². The van der Waals surface area contributed by atoms with Gasteiger partial charge in [0.1, 0.15) is 5.75 Å². The zero-order chi connectivity index (χ0) is 15.1. The molecule has 0 amide bonds. The standard InChI is InChI=1S/C18H24N2O/c1-4-14-10-9-13-20-17(14)18(19-5-2)15-11-7-8-12-16(15)21-6-3/h7-13,18-19H,4-6H2,1-3H3. The zero-order valence-electron chi connectivity index (χ0n) is 13.1. The van der Waals surface area contributed by atoms with Gasteiger partial charge in [0.2, 0.25) is 0 Å². The third kappa shape index (κ3) is 3.61. The molecule has 21 heavy (non-hydrogen) atoms. The van der Waals surface area contributed by atoms with Crippen LogP contribution in [0.2, 0.25) is 0 Å². The van der Waals surface area contributed by atoms with Gasteiger partial charge in [-0.15, -0.1) is 0 Å². The fourth-order valence-corrected chi connectivity index (χ4v) is 2.57. The Balaban J connectivity index is 2.48. The lowest BCUT2D eigenvalue weighted by Gasteiger charge is -2.22. The van der Waals surface area contributed by atoms with Crippen molar-refractivity contribution < 1.29 is 4.74 Å². The number of para-hydroxylation sites is 1. The van der Waals surface area contributed by atoms with E-state index in [0.717, 1.165) is 30.0 Å². The van der Waals surface area contributed by atoms with Gasteiger partial charge in [-0.25, -0.2) is 0 Å². The van der Waals surface area contributed by atoms with E-state index in [2.05, 4.69) is 42.3 Å². The maximum Gasteiger partial charge on any atom is 0.124 e. The van der Waals surface area contributed by atoms with Crippen LogP contribution in [0.5, 0.6) is 5.75 Å². The van der Waals surface area contributed by atoms with Crippen molar-refractivity contribution in [1.82, 2.24) is 10.3 Å². The molecule has 0 spiro atoms. The molecular formula is C18H24N2O. The molecule has 0 bridgehead atoms. The fraction of sp³-hybridized carbons (Fsp3) is 0.389. The quantitative estimate of drug-likeness (QED) is 0.841. The lowest BCUT2D eigenvalue weighted by molar-refractivity contribution is 0.333. The van der Waals surface area contributed by atoms with E-state index in [-0.39, 0.29) is 6.04 Å². The topological polar surface area (TPSA) is 34.1 Å². The van der Waals surface area contributed by atoms with E-state index in [0.29, 0.717) is 6.61 Å². The van der Waals surface area contributed by atoms with E-state index >= 15 is 0 Å². The summed E-state index contributed by atoms with van der Waals surface area (Å²) in [7, 11) is 0. The molecule has 3 heteroatoms. The number of hydrogen-bond acceptors (Lipinski definition) is 3. The highest BCUT2D eigenvalue weighted by atomic mass is 16.5. The summed E-state index contributed by atoms with van der Waals surface area (Å²) < 4.78 is 5.79. The smallest absolute Gasteiger partial charge is 0.124 e. The van der Waals surface area contributed by atoms with Crippen molar-refractivity contribution in [2.45, 2.75) is 33.2 Å². The molecule has 1 heterocycles. The van der Waals surface area contributed by atoms with Crippen LogP contribution < -0.4 is 10.1 Å². The Kier molecular flexibility index (Phi) is 5.76. The normalized spacial score (nSPS) is 12.1. The lowest BCUT2D eigenvalue weighted by Crippen LogP contribution is -2.24. The summed E-state index contributed by atoms with van der Waals surface area (Å²) in [5.41, 5.74) is 3.51. The second-order valence-corrected chi connectivity index (χ2v) is 4.86. The second-order valence-electron chi connectivity index (χ2n) is 4.86. The van der Waals surface area contributed by atoms with Crippen LogP contribution in [0.1, 0.15) is 43.6 Å². The van der Waals surface area contributed by atoms with Crippen molar-refractivity contribution in [2.24, 2.45) is 0 Å². The average molecular weight is 284 g/mol. The van der Waals surface area contributed by atoms with Crippen LogP contribution in [0.15, 0.2) is 42.6 Å². The van der Waals surface area contributed by atoms with Gasteiger partial charge in [0.15, 0.2) is 0 Å². The molecule has 112 valence electrons. The molecule has 0 aliphatic rings. The molecule has 0 aliphatic carbocycles. The highest BCUT2D eigenvalue weighted by molar-refractivity contribution is 5.41. The Labute approximate surface area is 127 Å². The molecule has 0 aliphatic heterocycles. The van der Waals surface area contributed by atoms with Gasteiger partial charge >= 0.3 is 0 Å². The van der Waals surface area contributed by atoms with Gasteiger partial charge in [-0.3, -0.25) is 4.98 Å². The highest BCUT2D eigenvalue weighted by Crippen LogP contribution is 2.30. The molecule has 0 saturated heterocycles. The predicted octanol–water partition coefficient (Wildman–Crippen LogP) is 3.74. The molecule has 1 N–H and O–H groups in total. The molecule has 0 saturated carbocycles. The number of benzene rings is 1. The molecule has 3 nitrogen and oxygen atoms in total. The van der Waals surface area contributed by atoms with Gasteiger partial charge < -0.3 is 10.1 Å². The maximum atomic E-state index is 5.79. The number of nitrogens with one attached hydrogen (secondary N) is 1. The van der Waals surface area contributed by atoms with Crippen LogP contribution in [0.25, 0.3) is 0 Å². The Bertz CT molecular complexity index is 569. The highest BCUT2D eigenvalue weighted by Gasteiger charge is 2.20. The first-order valence-corrected chi connectivity index (χ1v) is 7.70. The van der Waals surface area contributed by atoms with E-state index in [1.54, 1.807) is 0 Å². The van der Waals surface area contributed by atoms with Crippen molar-refractivity contribution >= 4 is 0 Å².